The van der Waals surface area contributed by atoms with Crippen LogP contribution in [0, 0.1) is 12.8 Å². The Morgan fingerprint density at radius 2 is 2.12 bits per heavy atom. The van der Waals surface area contributed by atoms with E-state index in [-0.39, 0.29) is 17.7 Å². The van der Waals surface area contributed by atoms with E-state index in [1.807, 2.05) is 41.5 Å². The van der Waals surface area contributed by atoms with Crippen molar-refractivity contribution in [2.24, 2.45) is 5.92 Å². The number of aryl methyl sites for hydroxylation is 1. The Balaban J connectivity index is 1.29. The lowest BCUT2D eigenvalue weighted by Gasteiger charge is -2.31. The van der Waals surface area contributed by atoms with Crippen LogP contribution in [0.4, 0.5) is 0 Å². The van der Waals surface area contributed by atoms with Crippen LogP contribution in [0.15, 0.2) is 34.1 Å². The fraction of sp³-hybridized carbons (Fsp3) is 0.368. The number of thiophene rings is 1. The number of piperidine rings is 1. The molecule has 0 aromatic carbocycles. The zero-order chi connectivity index (χ0) is 18.1. The molecule has 3 aromatic rings. The summed E-state index contributed by atoms with van der Waals surface area (Å²) in [7, 11) is 0. The zero-order valence-corrected chi connectivity index (χ0v) is 15.4. The number of aromatic amines is 1. The third-order valence-electron chi connectivity index (χ3n) is 4.86. The average molecular weight is 371 g/mol. The van der Waals surface area contributed by atoms with Gasteiger partial charge < -0.3 is 19.6 Å². The van der Waals surface area contributed by atoms with Crippen molar-refractivity contribution >= 4 is 33.4 Å². The number of carbonyl (C=O) groups excluding carboxylic acids is 2. The summed E-state index contributed by atoms with van der Waals surface area (Å²) in [5.41, 5.74) is 0.628. The van der Waals surface area contributed by atoms with E-state index < -0.39 is 0 Å². The number of rotatable bonds is 4. The Hall–Kier alpha value is -2.54. The molecule has 4 heterocycles. The van der Waals surface area contributed by atoms with E-state index >= 15 is 0 Å². The van der Waals surface area contributed by atoms with Crippen molar-refractivity contribution in [3.63, 3.8) is 0 Å². The lowest BCUT2D eigenvalue weighted by Crippen LogP contribution is -2.43. The summed E-state index contributed by atoms with van der Waals surface area (Å²) in [5.74, 6) is 1.59. The lowest BCUT2D eigenvalue weighted by molar-refractivity contribution is -0.126. The second kappa shape index (κ2) is 6.99. The van der Waals surface area contributed by atoms with Gasteiger partial charge in [0.1, 0.15) is 22.0 Å². The second-order valence-corrected chi connectivity index (χ2v) is 7.60. The van der Waals surface area contributed by atoms with E-state index in [0.717, 1.165) is 21.7 Å². The van der Waals surface area contributed by atoms with Gasteiger partial charge in [0.25, 0.3) is 5.91 Å². The van der Waals surface area contributed by atoms with Gasteiger partial charge >= 0.3 is 0 Å². The van der Waals surface area contributed by atoms with Crippen LogP contribution in [0.25, 0.3) is 10.2 Å². The number of hydrogen-bond donors (Lipinski definition) is 2. The van der Waals surface area contributed by atoms with Crippen LogP contribution in [0.1, 0.15) is 34.9 Å². The second-order valence-electron chi connectivity index (χ2n) is 6.68. The Kier molecular flexibility index (Phi) is 4.55. The summed E-state index contributed by atoms with van der Waals surface area (Å²) < 4.78 is 5.47. The maximum Gasteiger partial charge on any atom is 0.270 e. The van der Waals surface area contributed by atoms with E-state index in [4.69, 9.17) is 4.42 Å². The smallest absolute Gasteiger partial charge is 0.270 e. The Labute approximate surface area is 155 Å². The zero-order valence-electron chi connectivity index (χ0n) is 14.6. The first kappa shape index (κ1) is 16.9. The third kappa shape index (κ3) is 3.39. The minimum atomic E-state index is -0.0535. The summed E-state index contributed by atoms with van der Waals surface area (Å²) in [6.07, 6.45) is 1.37. The number of fused-ring (bicyclic) bond motifs is 1. The molecule has 1 saturated heterocycles. The van der Waals surface area contributed by atoms with Gasteiger partial charge in [-0.05, 0) is 49.4 Å². The summed E-state index contributed by atoms with van der Waals surface area (Å²) in [6.45, 7) is 3.49. The predicted octanol–water partition coefficient (Wildman–Crippen LogP) is 3.30. The number of nitrogens with one attached hydrogen (secondary N) is 2. The number of carbonyl (C=O) groups is 2. The van der Waals surface area contributed by atoms with Crippen molar-refractivity contribution in [1.82, 2.24) is 15.2 Å². The largest absolute Gasteiger partial charge is 0.465 e. The highest BCUT2D eigenvalue weighted by Crippen LogP contribution is 2.24. The molecule has 1 fully saturated rings. The molecule has 26 heavy (non-hydrogen) atoms. The highest BCUT2D eigenvalue weighted by Gasteiger charge is 2.28. The van der Waals surface area contributed by atoms with Crippen molar-refractivity contribution in [2.75, 3.05) is 13.1 Å². The molecule has 3 aromatic heterocycles. The van der Waals surface area contributed by atoms with Gasteiger partial charge in [-0.25, -0.2) is 0 Å². The van der Waals surface area contributed by atoms with Crippen molar-refractivity contribution in [2.45, 2.75) is 26.3 Å². The van der Waals surface area contributed by atoms with Gasteiger partial charge in [-0.1, -0.05) is 0 Å². The Morgan fingerprint density at radius 1 is 1.31 bits per heavy atom. The maximum atomic E-state index is 12.6. The van der Waals surface area contributed by atoms with Crippen molar-refractivity contribution in [1.29, 1.82) is 0 Å². The minimum Gasteiger partial charge on any atom is -0.465 e. The average Bonchev–Trinajstić information content (AvgIpc) is 3.35. The number of aromatic nitrogens is 1. The number of amides is 2. The van der Waals surface area contributed by atoms with Crippen molar-refractivity contribution < 1.29 is 14.0 Å². The fourth-order valence-corrected chi connectivity index (χ4v) is 4.16. The number of H-pyrrole nitrogens is 1. The molecule has 2 N–H and O–H groups in total. The molecule has 1 aliphatic heterocycles. The molecule has 1 aliphatic rings. The fourth-order valence-electron chi connectivity index (χ4n) is 3.38. The van der Waals surface area contributed by atoms with Crippen molar-refractivity contribution in [3.8, 4) is 0 Å². The number of nitrogens with zero attached hydrogens (tertiary/aromatic N) is 1. The van der Waals surface area contributed by atoms with Crippen LogP contribution in [0.3, 0.4) is 0 Å². The Bertz CT molecular complexity index is 902. The summed E-state index contributed by atoms with van der Waals surface area (Å²) in [4.78, 5) is 31.0. The molecule has 2 amide bonds. The monoisotopic (exact) mass is 371 g/mol. The first-order chi connectivity index (χ1) is 12.6. The first-order valence-corrected chi connectivity index (χ1v) is 9.66. The molecular formula is C19H21N3O3S. The van der Waals surface area contributed by atoms with E-state index in [1.54, 1.807) is 11.3 Å². The molecule has 0 spiro atoms. The number of hydrogen-bond acceptors (Lipinski definition) is 4. The lowest BCUT2D eigenvalue weighted by atomic mass is 9.95. The van der Waals surface area contributed by atoms with Crippen LogP contribution in [-0.2, 0) is 11.3 Å². The van der Waals surface area contributed by atoms with Crippen LogP contribution in [0.2, 0.25) is 0 Å². The maximum absolute atomic E-state index is 12.6. The van der Waals surface area contributed by atoms with Crippen LogP contribution < -0.4 is 5.32 Å². The van der Waals surface area contributed by atoms with E-state index in [0.29, 0.717) is 38.2 Å². The Morgan fingerprint density at radius 3 is 2.81 bits per heavy atom. The van der Waals surface area contributed by atoms with Crippen molar-refractivity contribution in [3.05, 3.63) is 46.9 Å². The van der Waals surface area contributed by atoms with Gasteiger partial charge in [0, 0.05) is 24.4 Å². The molecule has 0 bridgehead atoms. The van der Waals surface area contributed by atoms with E-state index in [1.165, 1.54) is 0 Å². The normalized spacial score (nSPS) is 15.5. The minimum absolute atomic E-state index is 0.0123. The van der Waals surface area contributed by atoms with Gasteiger partial charge in [-0.15, -0.1) is 11.3 Å². The molecule has 0 saturated carbocycles. The number of likely N-dealkylation sites (tertiary alicyclic amines) is 1. The highest BCUT2D eigenvalue weighted by atomic mass is 32.1. The third-order valence-corrected chi connectivity index (χ3v) is 5.71. The summed E-state index contributed by atoms with van der Waals surface area (Å²) >= 11 is 1.59. The summed E-state index contributed by atoms with van der Waals surface area (Å²) in [6, 6.07) is 7.66. The molecule has 7 heteroatoms. The summed E-state index contributed by atoms with van der Waals surface area (Å²) in [5, 5.41) is 6.00. The molecule has 4 rings (SSSR count). The van der Waals surface area contributed by atoms with Crippen LogP contribution >= 0.6 is 11.3 Å². The molecular weight excluding hydrogens is 350 g/mol. The van der Waals surface area contributed by atoms with Crippen LogP contribution in [0.5, 0.6) is 0 Å². The molecule has 0 radical (unpaired) electrons. The molecule has 6 nitrogen and oxygen atoms in total. The standard InChI is InChI=1S/C19H21N3O3S/c1-12-2-3-15(25-12)11-20-17(23)13-4-7-22(8-5-13)19(24)16-10-14-6-9-26-18(14)21-16/h2-3,6,9-10,13,21H,4-5,7-8,11H2,1H3,(H,20,23). The van der Waals surface area contributed by atoms with Gasteiger partial charge in [0.15, 0.2) is 0 Å². The van der Waals surface area contributed by atoms with E-state index in [9.17, 15) is 9.59 Å². The topological polar surface area (TPSA) is 78.3 Å². The predicted molar refractivity (Wildman–Crippen MR) is 100 cm³/mol. The quantitative estimate of drug-likeness (QED) is 0.739. The van der Waals surface area contributed by atoms with Gasteiger partial charge in [-0.3, -0.25) is 9.59 Å². The van der Waals surface area contributed by atoms with Gasteiger partial charge in [-0.2, -0.15) is 0 Å². The van der Waals surface area contributed by atoms with E-state index in [2.05, 4.69) is 10.3 Å². The number of furan rings is 1. The molecule has 0 unspecified atom stereocenters. The first-order valence-electron chi connectivity index (χ1n) is 8.78. The molecule has 136 valence electrons. The van der Waals surface area contributed by atoms with Gasteiger partial charge in [0.2, 0.25) is 5.91 Å². The van der Waals surface area contributed by atoms with Crippen LogP contribution in [-0.4, -0.2) is 34.8 Å². The highest BCUT2D eigenvalue weighted by molar-refractivity contribution is 7.16. The SMILES string of the molecule is Cc1ccc(CNC(=O)C2CCN(C(=O)c3cc4ccsc4[nH]3)CC2)o1. The molecule has 0 atom stereocenters. The molecule has 0 aliphatic carbocycles. The van der Waals surface area contributed by atoms with Gasteiger partial charge in [0.05, 0.1) is 6.54 Å².